The first kappa shape index (κ1) is 11.8. The highest BCUT2D eigenvalue weighted by Crippen LogP contribution is 2.20. The van der Waals surface area contributed by atoms with Crippen LogP contribution in [0.3, 0.4) is 0 Å². The van der Waals surface area contributed by atoms with E-state index in [9.17, 15) is 14.0 Å². The molecule has 2 aromatic rings. The van der Waals surface area contributed by atoms with Gasteiger partial charge in [-0.15, -0.1) is 0 Å². The summed E-state index contributed by atoms with van der Waals surface area (Å²) in [5.74, 6) is -0.529. The first-order valence-corrected chi connectivity index (χ1v) is 5.99. The quantitative estimate of drug-likeness (QED) is 0.767. The summed E-state index contributed by atoms with van der Waals surface area (Å²) < 4.78 is 14.4. The first-order valence-electron chi connectivity index (χ1n) is 5.99. The van der Waals surface area contributed by atoms with Crippen LogP contribution >= 0.6 is 0 Å². The van der Waals surface area contributed by atoms with Gasteiger partial charge < -0.3 is 4.90 Å². The molecule has 1 amide bonds. The lowest BCUT2D eigenvalue weighted by atomic mass is 10.2. The Kier molecular flexibility index (Phi) is 2.58. The van der Waals surface area contributed by atoms with Gasteiger partial charge in [-0.05, 0) is 18.6 Å². The number of hydrogen-bond acceptors (Lipinski definition) is 3. The molecule has 0 N–H and O–H groups in total. The van der Waals surface area contributed by atoms with E-state index >= 15 is 0 Å². The van der Waals surface area contributed by atoms with Crippen molar-refractivity contribution in [2.24, 2.45) is 0 Å². The van der Waals surface area contributed by atoms with Crippen molar-refractivity contribution in [3.63, 3.8) is 0 Å². The molecule has 1 aromatic heterocycles. The van der Waals surface area contributed by atoms with Crippen LogP contribution in [0.1, 0.15) is 12.5 Å². The first-order chi connectivity index (χ1) is 9.08. The number of nitrogens with zero attached hydrogens (tertiary/aromatic N) is 3. The molecule has 0 bridgehead atoms. The van der Waals surface area contributed by atoms with Gasteiger partial charge in [-0.1, -0.05) is 0 Å². The molecule has 0 saturated carbocycles. The van der Waals surface area contributed by atoms with Crippen LogP contribution in [-0.2, 0) is 4.79 Å². The summed E-state index contributed by atoms with van der Waals surface area (Å²) in [5, 5.41) is 0.325. The average molecular weight is 261 g/mol. The van der Waals surface area contributed by atoms with E-state index in [4.69, 9.17) is 0 Å². The van der Waals surface area contributed by atoms with Crippen molar-refractivity contribution in [2.45, 2.75) is 12.5 Å². The van der Waals surface area contributed by atoms with Crippen molar-refractivity contribution < 1.29 is 9.18 Å². The Morgan fingerprint density at radius 2 is 2.16 bits per heavy atom. The minimum atomic E-state index is -0.501. The molecule has 5 nitrogen and oxygen atoms in total. The van der Waals surface area contributed by atoms with Gasteiger partial charge in [-0.3, -0.25) is 14.2 Å². The molecule has 6 heteroatoms. The average Bonchev–Trinajstić information content (AvgIpc) is 2.71. The fourth-order valence-electron chi connectivity index (χ4n) is 2.39. The van der Waals surface area contributed by atoms with E-state index < -0.39 is 11.9 Å². The van der Waals surface area contributed by atoms with Gasteiger partial charge in [0.2, 0.25) is 5.91 Å². The SMILES string of the molecule is CN1CC[C@H](n2cnc3cc(F)ccc3c2=O)C1=O. The van der Waals surface area contributed by atoms with E-state index in [-0.39, 0.29) is 11.5 Å². The summed E-state index contributed by atoms with van der Waals surface area (Å²) in [6.45, 7) is 0.622. The number of carbonyl (C=O) groups is 1. The van der Waals surface area contributed by atoms with Crippen LogP contribution in [0.4, 0.5) is 4.39 Å². The molecule has 1 fully saturated rings. The third kappa shape index (κ3) is 1.80. The van der Waals surface area contributed by atoms with Gasteiger partial charge in [0.25, 0.3) is 5.56 Å². The van der Waals surface area contributed by atoms with Crippen molar-refractivity contribution in [2.75, 3.05) is 13.6 Å². The van der Waals surface area contributed by atoms with Gasteiger partial charge in [-0.25, -0.2) is 9.37 Å². The Bertz CT molecular complexity index is 725. The van der Waals surface area contributed by atoms with Crippen molar-refractivity contribution >= 4 is 16.8 Å². The topological polar surface area (TPSA) is 55.2 Å². The van der Waals surface area contributed by atoms with Gasteiger partial charge in [0, 0.05) is 19.7 Å². The second-order valence-corrected chi connectivity index (χ2v) is 4.68. The highest BCUT2D eigenvalue weighted by molar-refractivity contribution is 5.83. The maximum atomic E-state index is 13.1. The van der Waals surface area contributed by atoms with Gasteiger partial charge in [0.05, 0.1) is 17.2 Å². The molecule has 1 saturated heterocycles. The Morgan fingerprint density at radius 1 is 1.37 bits per heavy atom. The van der Waals surface area contributed by atoms with Crippen molar-refractivity contribution in [1.82, 2.24) is 14.5 Å². The van der Waals surface area contributed by atoms with Gasteiger partial charge >= 0.3 is 0 Å². The molecule has 0 unspecified atom stereocenters. The second kappa shape index (κ2) is 4.15. The number of likely N-dealkylation sites (N-methyl/N-ethyl adjacent to an activating group) is 1. The van der Waals surface area contributed by atoms with Crippen LogP contribution in [0.2, 0.25) is 0 Å². The van der Waals surface area contributed by atoms with Gasteiger partial charge in [-0.2, -0.15) is 0 Å². The Hall–Kier alpha value is -2.24. The van der Waals surface area contributed by atoms with Crippen LogP contribution in [-0.4, -0.2) is 34.0 Å². The van der Waals surface area contributed by atoms with Crippen LogP contribution in [0.25, 0.3) is 10.9 Å². The number of amides is 1. The standard InChI is InChI=1S/C13H12FN3O2/c1-16-5-4-11(13(16)19)17-7-15-10-6-8(14)2-3-9(10)12(17)18/h2-3,6-7,11H,4-5H2,1H3/t11-/m0/s1. The smallest absolute Gasteiger partial charge is 0.261 e. The number of likely N-dealkylation sites (tertiary alicyclic amines) is 1. The fraction of sp³-hybridized carbons (Fsp3) is 0.308. The van der Waals surface area contributed by atoms with E-state index in [0.29, 0.717) is 23.9 Å². The minimum absolute atomic E-state index is 0.0923. The maximum absolute atomic E-state index is 13.1. The third-order valence-electron chi connectivity index (χ3n) is 3.48. The van der Waals surface area contributed by atoms with E-state index in [0.717, 1.165) is 0 Å². The molecular weight excluding hydrogens is 249 g/mol. The summed E-state index contributed by atoms with van der Waals surface area (Å²) in [4.78, 5) is 29.9. The molecule has 1 aromatic carbocycles. The monoisotopic (exact) mass is 261 g/mol. The lowest BCUT2D eigenvalue weighted by Crippen LogP contribution is -2.31. The van der Waals surface area contributed by atoms with E-state index in [2.05, 4.69) is 4.98 Å². The van der Waals surface area contributed by atoms with Crippen LogP contribution < -0.4 is 5.56 Å². The third-order valence-corrected chi connectivity index (χ3v) is 3.48. The number of hydrogen-bond donors (Lipinski definition) is 0. The number of benzene rings is 1. The zero-order valence-corrected chi connectivity index (χ0v) is 10.3. The number of aromatic nitrogens is 2. The number of carbonyl (C=O) groups excluding carboxylic acids is 1. The molecule has 3 rings (SSSR count). The summed E-state index contributed by atoms with van der Waals surface area (Å²) in [7, 11) is 1.71. The summed E-state index contributed by atoms with van der Waals surface area (Å²) in [5.41, 5.74) is -0.00120. The highest BCUT2D eigenvalue weighted by atomic mass is 19.1. The zero-order chi connectivity index (χ0) is 13.6. The molecule has 1 aliphatic heterocycles. The van der Waals surface area contributed by atoms with Gasteiger partial charge in [0.15, 0.2) is 0 Å². The van der Waals surface area contributed by atoms with E-state index in [1.807, 2.05) is 0 Å². The second-order valence-electron chi connectivity index (χ2n) is 4.68. The van der Waals surface area contributed by atoms with Crippen molar-refractivity contribution in [1.29, 1.82) is 0 Å². The van der Waals surface area contributed by atoms with Crippen LogP contribution in [0.5, 0.6) is 0 Å². The number of halogens is 1. The fourth-order valence-corrected chi connectivity index (χ4v) is 2.39. The molecule has 0 radical (unpaired) electrons. The van der Waals surface area contributed by atoms with Crippen molar-refractivity contribution in [3.05, 3.63) is 40.7 Å². The predicted molar refractivity (Wildman–Crippen MR) is 67.3 cm³/mol. The lowest BCUT2D eigenvalue weighted by Gasteiger charge is -2.13. The van der Waals surface area contributed by atoms with E-state index in [1.165, 1.54) is 29.1 Å². The number of rotatable bonds is 1. The van der Waals surface area contributed by atoms with E-state index in [1.54, 1.807) is 11.9 Å². The molecule has 2 heterocycles. The Morgan fingerprint density at radius 3 is 2.84 bits per heavy atom. The Labute approximate surface area is 108 Å². The molecular formula is C13H12FN3O2. The van der Waals surface area contributed by atoms with Crippen molar-refractivity contribution in [3.8, 4) is 0 Å². The van der Waals surface area contributed by atoms with Gasteiger partial charge in [0.1, 0.15) is 11.9 Å². The molecule has 98 valence electrons. The molecule has 0 aliphatic carbocycles. The molecule has 1 atom stereocenters. The zero-order valence-electron chi connectivity index (χ0n) is 10.3. The predicted octanol–water partition coefficient (Wildman–Crippen LogP) is 0.939. The minimum Gasteiger partial charge on any atom is -0.344 e. The largest absolute Gasteiger partial charge is 0.344 e. The van der Waals surface area contributed by atoms with Crippen LogP contribution in [0.15, 0.2) is 29.3 Å². The lowest BCUT2D eigenvalue weighted by molar-refractivity contribution is -0.129. The normalized spacial score (nSPS) is 19.4. The summed E-state index contributed by atoms with van der Waals surface area (Å²) in [6, 6.07) is 3.33. The maximum Gasteiger partial charge on any atom is 0.261 e. The molecule has 1 aliphatic rings. The van der Waals surface area contributed by atoms with Crippen LogP contribution in [0, 0.1) is 5.82 Å². The molecule has 0 spiro atoms. The summed E-state index contributed by atoms with van der Waals surface area (Å²) >= 11 is 0. The molecule has 19 heavy (non-hydrogen) atoms. The number of fused-ring (bicyclic) bond motifs is 1. The highest BCUT2D eigenvalue weighted by Gasteiger charge is 2.31. The summed E-state index contributed by atoms with van der Waals surface area (Å²) in [6.07, 6.45) is 1.91. The Balaban J connectivity index is 2.16.